The molecule has 3 heteroatoms. The summed E-state index contributed by atoms with van der Waals surface area (Å²) in [6.07, 6.45) is 3.35. The van der Waals surface area contributed by atoms with E-state index in [0.717, 1.165) is 16.8 Å². The highest BCUT2D eigenvalue weighted by Crippen LogP contribution is 2.22. The number of nitrogens with one attached hydrogen (secondary N) is 1. The molecule has 23 heavy (non-hydrogen) atoms. The Morgan fingerprint density at radius 1 is 1.09 bits per heavy atom. The van der Waals surface area contributed by atoms with Crippen molar-refractivity contribution in [2.45, 2.75) is 33.1 Å². The fourth-order valence-corrected chi connectivity index (χ4v) is 2.43. The highest BCUT2D eigenvalue weighted by molar-refractivity contribution is 6.30. The first kappa shape index (κ1) is 17.3. The standard InChI is InChI=1S/C20H22ClNO/c1-14-13-17(21)10-11-18(14)22-19(23)12-7-15-5-8-16(9-6-15)20(2,3)4/h5-13H,1-4H3,(H,22,23)/b12-7+. The van der Waals surface area contributed by atoms with Crippen LogP contribution in [0.25, 0.3) is 6.08 Å². The molecule has 2 aromatic carbocycles. The van der Waals surface area contributed by atoms with Crippen molar-refractivity contribution >= 4 is 29.3 Å². The van der Waals surface area contributed by atoms with Crippen LogP contribution in [0, 0.1) is 6.92 Å². The number of hydrogen-bond acceptors (Lipinski definition) is 1. The summed E-state index contributed by atoms with van der Waals surface area (Å²) < 4.78 is 0. The Kier molecular flexibility index (Phi) is 5.27. The summed E-state index contributed by atoms with van der Waals surface area (Å²) in [5.74, 6) is -0.157. The van der Waals surface area contributed by atoms with Crippen molar-refractivity contribution < 1.29 is 4.79 Å². The van der Waals surface area contributed by atoms with Gasteiger partial charge in [0.2, 0.25) is 5.91 Å². The number of benzene rings is 2. The molecule has 0 heterocycles. The minimum Gasteiger partial charge on any atom is -0.322 e. The Bertz CT molecular complexity index is 724. The van der Waals surface area contributed by atoms with Crippen LogP contribution in [0.2, 0.25) is 5.02 Å². The average Bonchev–Trinajstić information content (AvgIpc) is 2.47. The summed E-state index contributed by atoms with van der Waals surface area (Å²) in [6.45, 7) is 8.45. The molecule has 0 aliphatic rings. The minimum atomic E-state index is -0.157. The zero-order chi connectivity index (χ0) is 17.0. The van der Waals surface area contributed by atoms with Gasteiger partial charge in [0.05, 0.1) is 0 Å². The monoisotopic (exact) mass is 327 g/mol. The van der Waals surface area contributed by atoms with Crippen molar-refractivity contribution in [3.05, 3.63) is 70.3 Å². The van der Waals surface area contributed by atoms with Gasteiger partial charge in [-0.3, -0.25) is 4.79 Å². The summed E-state index contributed by atoms with van der Waals surface area (Å²) in [7, 11) is 0. The molecule has 0 aliphatic carbocycles. The number of carbonyl (C=O) groups excluding carboxylic acids is 1. The van der Waals surface area contributed by atoms with Crippen LogP contribution in [-0.4, -0.2) is 5.91 Å². The van der Waals surface area contributed by atoms with Crippen molar-refractivity contribution in [3.63, 3.8) is 0 Å². The second kappa shape index (κ2) is 7.01. The number of rotatable bonds is 3. The molecular formula is C20H22ClNO. The smallest absolute Gasteiger partial charge is 0.248 e. The third-order valence-electron chi connectivity index (χ3n) is 3.65. The van der Waals surface area contributed by atoms with Gasteiger partial charge in [-0.25, -0.2) is 0 Å². The SMILES string of the molecule is Cc1cc(Cl)ccc1NC(=O)/C=C/c1ccc(C(C)(C)C)cc1. The predicted octanol–water partition coefficient (Wildman–Crippen LogP) is 5.60. The summed E-state index contributed by atoms with van der Waals surface area (Å²) >= 11 is 5.91. The molecule has 2 nitrogen and oxygen atoms in total. The lowest BCUT2D eigenvalue weighted by atomic mass is 9.87. The van der Waals surface area contributed by atoms with Gasteiger partial charge in [0.25, 0.3) is 0 Å². The van der Waals surface area contributed by atoms with Gasteiger partial charge < -0.3 is 5.32 Å². The Morgan fingerprint density at radius 2 is 1.74 bits per heavy atom. The third-order valence-corrected chi connectivity index (χ3v) is 3.89. The fourth-order valence-electron chi connectivity index (χ4n) is 2.21. The Morgan fingerprint density at radius 3 is 2.30 bits per heavy atom. The number of aryl methyl sites for hydroxylation is 1. The topological polar surface area (TPSA) is 29.1 Å². The molecule has 0 saturated carbocycles. The maximum Gasteiger partial charge on any atom is 0.248 e. The second-order valence-electron chi connectivity index (χ2n) is 6.65. The van der Waals surface area contributed by atoms with Crippen molar-refractivity contribution in [3.8, 4) is 0 Å². The van der Waals surface area contributed by atoms with Crippen molar-refractivity contribution in [1.82, 2.24) is 0 Å². The van der Waals surface area contributed by atoms with Crippen LogP contribution in [-0.2, 0) is 10.2 Å². The van der Waals surface area contributed by atoms with Crippen molar-refractivity contribution in [2.24, 2.45) is 0 Å². The van der Waals surface area contributed by atoms with Gasteiger partial charge in [0.1, 0.15) is 0 Å². The van der Waals surface area contributed by atoms with Crippen LogP contribution in [0.1, 0.15) is 37.5 Å². The van der Waals surface area contributed by atoms with Crippen molar-refractivity contribution in [1.29, 1.82) is 0 Å². The van der Waals surface area contributed by atoms with Gasteiger partial charge in [-0.1, -0.05) is 56.6 Å². The van der Waals surface area contributed by atoms with Crippen LogP contribution in [0.15, 0.2) is 48.5 Å². The quantitative estimate of drug-likeness (QED) is 0.731. The van der Waals surface area contributed by atoms with Crippen LogP contribution in [0.4, 0.5) is 5.69 Å². The van der Waals surface area contributed by atoms with Crippen molar-refractivity contribution in [2.75, 3.05) is 5.32 Å². The Balaban J connectivity index is 2.03. The molecule has 0 unspecified atom stereocenters. The molecule has 2 aromatic rings. The maximum absolute atomic E-state index is 12.0. The van der Waals surface area contributed by atoms with E-state index in [9.17, 15) is 4.79 Å². The number of carbonyl (C=O) groups is 1. The van der Waals surface area contributed by atoms with E-state index in [1.54, 1.807) is 12.1 Å². The molecule has 0 aromatic heterocycles. The van der Waals surface area contributed by atoms with Crippen LogP contribution >= 0.6 is 11.6 Å². The molecule has 0 spiro atoms. The zero-order valence-corrected chi connectivity index (χ0v) is 14.7. The molecule has 0 aliphatic heterocycles. The minimum absolute atomic E-state index is 0.131. The molecule has 1 amide bonds. The third kappa shape index (κ3) is 4.97. The molecule has 1 N–H and O–H groups in total. The number of halogens is 1. The van der Waals surface area contributed by atoms with Gasteiger partial charge in [-0.2, -0.15) is 0 Å². The van der Waals surface area contributed by atoms with Crippen LogP contribution in [0.5, 0.6) is 0 Å². The van der Waals surface area contributed by atoms with E-state index in [-0.39, 0.29) is 11.3 Å². The summed E-state index contributed by atoms with van der Waals surface area (Å²) in [5, 5.41) is 3.52. The molecule has 0 fully saturated rings. The van der Waals surface area contributed by atoms with E-state index in [1.807, 2.05) is 37.3 Å². The van der Waals surface area contributed by atoms with Crippen LogP contribution < -0.4 is 5.32 Å². The summed E-state index contributed by atoms with van der Waals surface area (Å²) in [6, 6.07) is 13.6. The first-order valence-corrected chi connectivity index (χ1v) is 7.99. The molecule has 0 radical (unpaired) electrons. The lowest BCUT2D eigenvalue weighted by Gasteiger charge is -2.18. The normalized spacial score (nSPS) is 11.7. The lowest BCUT2D eigenvalue weighted by molar-refractivity contribution is -0.111. The number of anilines is 1. The van der Waals surface area contributed by atoms with Crippen LogP contribution in [0.3, 0.4) is 0 Å². The second-order valence-corrected chi connectivity index (χ2v) is 7.09. The van der Waals surface area contributed by atoms with Gasteiger partial charge >= 0.3 is 0 Å². The highest BCUT2D eigenvalue weighted by atomic mass is 35.5. The molecule has 0 bridgehead atoms. The van der Waals surface area contributed by atoms with E-state index in [2.05, 4.69) is 38.2 Å². The molecular weight excluding hydrogens is 306 g/mol. The number of hydrogen-bond donors (Lipinski definition) is 1. The lowest BCUT2D eigenvalue weighted by Crippen LogP contribution is -2.10. The predicted molar refractivity (Wildman–Crippen MR) is 99.0 cm³/mol. The Hall–Kier alpha value is -2.06. The average molecular weight is 328 g/mol. The largest absolute Gasteiger partial charge is 0.322 e. The number of amides is 1. The van der Waals surface area contributed by atoms with E-state index in [4.69, 9.17) is 11.6 Å². The zero-order valence-electron chi connectivity index (χ0n) is 14.0. The summed E-state index contributed by atoms with van der Waals surface area (Å²) in [5.41, 5.74) is 4.11. The van der Waals surface area contributed by atoms with E-state index in [1.165, 1.54) is 5.56 Å². The van der Waals surface area contributed by atoms with Gasteiger partial charge in [-0.05, 0) is 53.3 Å². The van der Waals surface area contributed by atoms with E-state index >= 15 is 0 Å². The molecule has 0 atom stereocenters. The van der Waals surface area contributed by atoms with Gasteiger partial charge in [-0.15, -0.1) is 0 Å². The van der Waals surface area contributed by atoms with E-state index < -0.39 is 0 Å². The first-order valence-electron chi connectivity index (χ1n) is 7.61. The van der Waals surface area contributed by atoms with Gasteiger partial charge in [0.15, 0.2) is 0 Å². The molecule has 0 saturated heterocycles. The van der Waals surface area contributed by atoms with Gasteiger partial charge in [0, 0.05) is 16.8 Å². The summed E-state index contributed by atoms with van der Waals surface area (Å²) in [4.78, 5) is 12.0. The fraction of sp³-hybridized carbons (Fsp3) is 0.250. The highest BCUT2D eigenvalue weighted by Gasteiger charge is 2.12. The first-order chi connectivity index (χ1) is 10.8. The Labute approximate surface area is 143 Å². The molecule has 2 rings (SSSR count). The molecule has 120 valence electrons. The van der Waals surface area contributed by atoms with E-state index in [0.29, 0.717) is 5.02 Å². The maximum atomic E-state index is 12.0.